The molecule has 0 rings (SSSR count). The summed E-state index contributed by atoms with van der Waals surface area (Å²) in [6.45, 7) is 8.68. The molecule has 0 aliphatic heterocycles. The number of carbonyl (C=O) groups is 1. The summed E-state index contributed by atoms with van der Waals surface area (Å²) < 4.78 is 0. The van der Waals surface area contributed by atoms with Gasteiger partial charge in [0.15, 0.2) is 0 Å². The van der Waals surface area contributed by atoms with Gasteiger partial charge in [-0.2, -0.15) is 25.3 Å². The van der Waals surface area contributed by atoms with E-state index in [2.05, 4.69) is 51.3 Å². The molecule has 2 N–H and O–H groups in total. The summed E-state index contributed by atoms with van der Waals surface area (Å²) in [5, 5.41) is 11.8. The fourth-order valence-electron chi connectivity index (χ4n) is 1.75. The van der Waals surface area contributed by atoms with E-state index in [-0.39, 0.29) is 5.54 Å². The molecular weight excluding hydrogens is 326 g/mol. The molecule has 0 heterocycles. The van der Waals surface area contributed by atoms with Gasteiger partial charge in [-0.1, -0.05) is 31.8 Å². The third-order valence-electron chi connectivity index (χ3n) is 3.15. The maximum Gasteiger partial charge on any atom is 0.330 e. The lowest BCUT2D eigenvalue weighted by Crippen LogP contribution is -2.36. The first-order valence-electron chi connectivity index (χ1n) is 8.61. The lowest BCUT2D eigenvalue weighted by Gasteiger charge is -2.19. The predicted molar refractivity (Wildman–Crippen MR) is 109 cm³/mol. The second-order valence-electron chi connectivity index (χ2n) is 6.73. The van der Waals surface area contributed by atoms with E-state index in [1.807, 2.05) is 0 Å². The Morgan fingerprint density at radius 3 is 1.78 bits per heavy atom. The Morgan fingerprint density at radius 2 is 1.43 bits per heavy atom. The Morgan fingerprint density at radius 1 is 1.00 bits per heavy atom. The molecule has 0 bridgehead atoms. The molecule has 0 aromatic carbocycles. The molecule has 3 nitrogen and oxygen atoms in total. The van der Waals surface area contributed by atoms with Crippen molar-refractivity contribution in [3.05, 3.63) is 11.6 Å². The molecule has 0 aliphatic rings. The van der Waals surface area contributed by atoms with E-state index in [0.717, 1.165) is 24.5 Å². The lowest BCUT2D eigenvalue weighted by atomic mass is 10.1. The maximum atomic E-state index is 10.4. The van der Waals surface area contributed by atoms with Crippen molar-refractivity contribution in [3.63, 3.8) is 0 Å². The molecule has 5 heteroatoms. The standard InChI is InChI=1S/C10H19NO2.C8H18S2/c1-8(9(12)13)6-5-7-11-10(2,3)4;9-7-5-3-1-2-4-6-8-10/h6,11H,5,7H2,1-4H3,(H,12,13);9-10H,1-8H2. The zero-order valence-corrected chi connectivity index (χ0v) is 17.2. The molecule has 0 unspecified atom stereocenters. The quantitative estimate of drug-likeness (QED) is 0.238. The number of carboxylic acids is 1. The highest BCUT2D eigenvalue weighted by atomic mass is 32.1. The van der Waals surface area contributed by atoms with Crippen molar-refractivity contribution < 1.29 is 9.90 Å². The molecule has 0 saturated heterocycles. The van der Waals surface area contributed by atoms with E-state index in [0.29, 0.717) is 5.57 Å². The van der Waals surface area contributed by atoms with Crippen molar-refractivity contribution in [2.24, 2.45) is 0 Å². The van der Waals surface area contributed by atoms with Crippen LogP contribution in [0.4, 0.5) is 0 Å². The second-order valence-corrected chi connectivity index (χ2v) is 7.62. The van der Waals surface area contributed by atoms with Crippen LogP contribution in [0.5, 0.6) is 0 Å². The van der Waals surface area contributed by atoms with Crippen molar-refractivity contribution in [3.8, 4) is 0 Å². The van der Waals surface area contributed by atoms with Crippen LogP contribution in [0.25, 0.3) is 0 Å². The molecular formula is C18H37NO2S2. The molecule has 0 spiro atoms. The lowest BCUT2D eigenvalue weighted by molar-refractivity contribution is -0.132. The first-order chi connectivity index (χ1) is 10.7. The minimum atomic E-state index is -0.837. The summed E-state index contributed by atoms with van der Waals surface area (Å²) in [6.07, 6.45) is 10.5. The van der Waals surface area contributed by atoms with Crippen LogP contribution in [0.1, 0.15) is 72.6 Å². The van der Waals surface area contributed by atoms with Crippen molar-refractivity contribution >= 4 is 31.2 Å². The molecule has 0 radical (unpaired) electrons. The van der Waals surface area contributed by atoms with Gasteiger partial charge in [-0.25, -0.2) is 4.79 Å². The molecule has 0 saturated carbocycles. The third-order valence-corrected chi connectivity index (χ3v) is 3.79. The van der Waals surface area contributed by atoms with Crippen molar-refractivity contribution in [1.82, 2.24) is 5.32 Å². The van der Waals surface area contributed by atoms with Crippen LogP contribution in [0.3, 0.4) is 0 Å². The van der Waals surface area contributed by atoms with Crippen molar-refractivity contribution in [2.45, 2.75) is 78.2 Å². The number of thiol groups is 2. The molecule has 0 aliphatic carbocycles. The highest BCUT2D eigenvalue weighted by Crippen LogP contribution is 2.06. The molecule has 0 aromatic heterocycles. The van der Waals surface area contributed by atoms with Crippen LogP contribution in [0.2, 0.25) is 0 Å². The predicted octanol–water partition coefficient (Wildman–Crippen LogP) is 4.98. The largest absolute Gasteiger partial charge is 0.478 e. The van der Waals surface area contributed by atoms with Crippen LogP contribution in [-0.2, 0) is 4.79 Å². The van der Waals surface area contributed by atoms with E-state index in [4.69, 9.17) is 5.11 Å². The van der Waals surface area contributed by atoms with Gasteiger partial charge in [0.05, 0.1) is 0 Å². The number of nitrogens with one attached hydrogen (secondary N) is 1. The first kappa shape index (κ1) is 25.1. The zero-order valence-electron chi connectivity index (χ0n) is 15.4. The van der Waals surface area contributed by atoms with E-state index in [1.54, 1.807) is 13.0 Å². The zero-order chi connectivity index (χ0) is 18.1. The van der Waals surface area contributed by atoms with Gasteiger partial charge in [0.25, 0.3) is 0 Å². The van der Waals surface area contributed by atoms with Crippen LogP contribution < -0.4 is 5.32 Å². The minimum Gasteiger partial charge on any atom is -0.478 e. The monoisotopic (exact) mass is 363 g/mol. The normalized spacial score (nSPS) is 11.8. The Hall–Kier alpha value is -0.130. The fraction of sp³-hybridized carbons (Fsp3) is 0.833. The summed E-state index contributed by atoms with van der Waals surface area (Å²) in [4.78, 5) is 10.4. The van der Waals surface area contributed by atoms with Crippen molar-refractivity contribution in [2.75, 3.05) is 18.1 Å². The van der Waals surface area contributed by atoms with Gasteiger partial charge in [0.2, 0.25) is 0 Å². The molecule has 0 amide bonds. The van der Waals surface area contributed by atoms with Gasteiger partial charge >= 0.3 is 5.97 Å². The van der Waals surface area contributed by atoms with Gasteiger partial charge in [-0.3, -0.25) is 0 Å². The van der Waals surface area contributed by atoms with E-state index < -0.39 is 5.97 Å². The summed E-state index contributed by atoms with van der Waals surface area (Å²) in [5.74, 6) is 1.26. The summed E-state index contributed by atoms with van der Waals surface area (Å²) in [5.41, 5.74) is 0.515. The van der Waals surface area contributed by atoms with E-state index >= 15 is 0 Å². The van der Waals surface area contributed by atoms with Gasteiger partial charge in [-0.15, -0.1) is 0 Å². The highest BCUT2D eigenvalue weighted by molar-refractivity contribution is 7.80. The smallest absolute Gasteiger partial charge is 0.330 e. The topological polar surface area (TPSA) is 49.3 Å². The second kappa shape index (κ2) is 16.7. The van der Waals surface area contributed by atoms with Gasteiger partial charge in [0, 0.05) is 11.1 Å². The summed E-state index contributed by atoms with van der Waals surface area (Å²) in [6, 6.07) is 0. The fourth-order valence-corrected chi connectivity index (χ4v) is 2.20. The SMILES string of the molecule is CC(=CCCNC(C)(C)C)C(=O)O.SCCCCCCCCS. The Bertz CT molecular complexity index is 305. The Kier molecular flexibility index (Phi) is 18.3. The van der Waals surface area contributed by atoms with Gasteiger partial charge in [-0.05, 0) is 65.0 Å². The molecule has 138 valence electrons. The van der Waals surface area contributed by atoms with E-state index in [9.17, 15) is 4.79 Å². The number of hydrogen-bond acceptors (Lipinski definition) is 4. The average molecular weight is 364 g/mol. The first-order valence-corrected chi connectivity index (χ1v) is 9.88. The van der Waals surface area contributed by atoms with Gasteiger partial charge < -0.3 is 10.4 Å². The van der Waals surface area contributed by atoms with Crippen LogP contribution in [0, 0.1) is 0 Å². The summed E-state index contributed by atoms with van der Waals surface area (Å²) >= 11 is 8.30. The Balaban J connectivity index is 0. The number of carboxylic acid groups (broad SMARTS) is 1. The number of aliphatic carboxylic acids is 1. The maximum absolute atomic E-state index is 10.4. The third kappa shape index (κ3) is 24.2. The summed E-state index contributed by atoms with van der Waals surface area (Å²) in [7, 11) is 0. The minimum absolute atomic E-state index is 0.102. The molecule has 0 aromatic rings. The van der Waals surface area contributed by atoms with Crippen LogP contribution in [-0.4, -0.2) is 34.7 Å². The van der Waals surface area contributed by atoms with E-state index in [1.165, 1.54) is 38.5 Å². The number of hydrogen-bond donors (Lipinski definition) is 4. The van der Waals surface area contributed by atoms with Crippen LogP contribution >= 0.6 is 25.3 Å². The van der Waals surface area contributed by atoms with Gasteiger partial charge in [0.1, 0.15) is 0 Å². The van der Waals surface area contributed by atoms with Crippen molar-refractivity contribution in [1.29, 1.82) is 0 Å². The van der Waals surface area contributed by atoms with Crippen LogP contribution in [0.15, 0.2) is 11.6 Å². The number of unbranched alkanes of at least 4 members (excludes halogenated alkanes) is 5. The molecule has 0 atom stereocenters. The average Bonchev–Trinajstić information content (AvgIpc) is 2.46. The molecule has 0 fully saturated rings. The molecule has 23 heavy (non-hydrogen) atoms. The number of rotatable bonds is 11. The highest BCUT2D eigenvalue weighted by Gasteiger charge is 2.06. The Labute approximate surface area is 154 Å².